The fourth-order valence-corrected chi connectivity index (χ4v) is 0.298. The Labute approximate surface area is 115 Å². The van der Waals surface area contributed by atoms with E-state index in [9.17, 15) is 9.59 Å². The summed E-state index contributed by atoms with van der Waals surface area (Å²) >= 11 is 0. The average molecular weight is 222 g/mol. The quantitative estimate of drug-likeness (QED) is 0.203. The van der Waals surface area contributed by atoms with E-state index in [2.05, 4.69) is 0 Å². The van der Waals surface area contributed by atoms with Gasteiger partial charge in [-0.3, -0.25) is 0 Å². The molecule has 72 valence electrons. The Hall–Kier alpha value is 0.416. The van der Waals surface area contributed by atoms with Crippen molar-refractivity contribution >= 4 is 11.9 Å². The number of carbonyl (C=O) groups is 2. The molecule has 0 aromatic rings. The summed E-state index contributed by atoms with van der Waals surface area (Å²) in [5, 5.41) is 49.3. The number of carboxylic acid groups (broad SMARTS) is 2. The van der Waals surface area contributed by atoms with Gasteiger partial charge in [0.15, 0.2) is 0 Å². The maximum absolute atomic E-state index is 9.89. The van der Waals surface area contributed by atoms with Crippen LogP contribution >= 0.6 is 0 Å². The third-order valence-electron chi connectivity index (χ3n) is 1.08. The number of hydrogen-bond donors (Lipinski definition) is 6. The molecule has 0 aliphatic heterocycles. The van der Waals surface area contributed by atoms with E-state index in [1.165, 1.54) is 0 Å². The van der Waals surface area contributed by atoms with Crippen LogP contribution in [-0.2, 0) is 9.59 Å². The molecule has 8 nitrogen and oxygen atoms in total. The van der Waals surface area contributed by atoms with Crippen molar-refractivity contribution in [3.8, 4) is 0 Å². The van der Waals surface area contributed by atoms with Gasteiger partial charge < -0.3 is 32.1 Å². The third kappa shape index (κ3) is 2.94. The molecule has 9 heteroatoms. The SMILES string of the molecule is O=C(O)C(O)(O)C(O)(O)C(=O)O.[H-].[K+]. The molecule has 13 heavy (non-hydrogen) atoms. The van der Waals surface area contributed by atoms with Gasteiger partial charge in [0.1, 0.15) is 0 Å². The third-order valence-corrected chi connectivity index (χ3v) is 1.08. The molecule has 0 spiro atoms. The molecule has 0 saturated carbocycles. The van der Waals surface area contributed by atoms with E-state index in [0.717, 1.165) is 0 Å². The number of aliphatic hydroxyl groups is 4. The number of hydrogen-bond acceptors (Lipinski definition) is 6. The number of aliphatic carboxylic acids is 2. The van der Waals surface area contributed by atoms with Crippen LogP contribution in [0.2, 0.25) is 0 Å². The van der Waals surface area contributed by atoms with Crippen LogP contribution < -0.4 is 51.4 Å². The average Bonchev–Trinajstić information content (AvgIpc) is 1.86. The normalized spacial score (nSPS) is 11.7. The molecule has 0 aliphatic rings. The van der Waals surface area contributed by atoms with Crippen molar-refractivity contribution in [1.29, 1.82) is 0 Å². The second-order valence-corrected chi connectivity index (χ2v) is 1.95. The van der Waals surface area contributed by atoms with Gasteiger partial charge in [0, 0.05) is 0 Å². The summed E-state index contributed by atoms with van der Waals surface area (Å²) in [5.41, 5.74) is 0. The van der Waals surface area contributed by atoms with Crippen LogP contribution in [-0.4, -0.2) is 54.2 Å². The van der Waals surface area contributed by atoms with Crippen molar-refractivity contribution < 1.29 is 93.0 Å². The minimum Gasteiger partial charge on any atom is -1.00 e. The van der Waals surface area contributed by atoms with Crippen molar-refractivity contribution in [2.24, 2.45) is 0 Å². The Morgan fingerprint density at radius 2 is 1.00 bits per heavy atom. The first-order chi connectivity index (χ1) is 5.14. The zero-order valence-electron chi connectivity index (χ0n) is 7.50. The molecule has 0 aromatic heterocycles. The number of rotatable bonds is 3. The van der Waals surface area contributed by atoms with E-state index in [1.54, 1.807) is 0 Å². The van der Waals surface area contributed by atoms with Crippen LogP contribution in [0.25, 0.3) is 0 Å². The Balaban J connectivity index is -0.000000605. The van der Waals surface area contributed by atoms with Crippen LogP contribution in [0.15, 0.2) is 0 Å². The van der Waals surface area contributed by atoms with Crippen molar-refractivity contribution in [3.63, 3.8) is 0 Å². The van der Waals surface area contributed by atoms with Crippen molar-refractivity contribution in [2.75, 3.05) is 0 Å². The van der Waals surface area contributed by atoms with Crippen molar-refractivity contribution in [3.05, 3.63) is 0 Å². The minimum atomic E-state index is -4.15. The molecular formula is C4H7KO8. The molecule has 0 amide bonds. The first-order valence-electron chi connectivity index (χ1n) is 2.50. The van der Waals surface area contributed by atoms with Gasteiger partial charge in [0.05, 0.1) is 0 Å². The molecule has 0 heterocycles. The molecule has 0 aromatic carbocycles. The summed E-state index contributed by atoms with van der Waals surface area (Å²) in [6.45, 7) is 0. The van der Waals surface area contributed by atoms with Crippen LogP contribution in [0, 0.1) is 0 Å². The summed E-state index contributed by atoms with van der Waals surface area (Å²) in [4.78, 5) is 19.8. The predicted molar refractivity (Wildman–Crippen MR) is 30.7 cm³/mol. The zero-order valence-corrected chi connectivity index (χ0v) is 9.62. The molecule has 0 unspecified atom stereocenters. The van der Waals surface area contributed by atoms with Gasteiger partial charge in [-0.15, -0.1) is 0 Å². The Morgan fingerprint density at radius 3 is 1.08 bits per heavy atom. The molecule has 0 rings (SSSR count). The smallest absolute Gasteiger partial charge is 1.00 e. The number of carboxylic acids is 2. The van der Waals surface area contributed by atoms with E-state index in [-0.39, 0.29) is 52.8 Å². The maximum atomic E-state index is 9.89. The van der Waals surface area contributed by atoms with Crippen molar-refractivity contribution in [2.45, 2.75) is 11.6 Å². The van der Waals surface area contributed by atoms with Gasteiger partial charge in [0.2, 0.25) is 0 Å². The van der Waals surface area contributed by atoms with E-state index < -0.39 is 23.5 Å². The Morgan fingerprint density at radius 1 is 0.846 bits per heavy atom. The molecule has 0 aliphatic carbocycles. The summed E-state index contributed by atoms with van der Waals surface area (Å²) < 4.78 is 0. The molecule has 0 atom stereocenters. The molecule has 0 radical (unpaired) electrons. The molecule has 0 fully saturated rings. The Kier molecular flexibility index (Phi) is 5.82. The molecular weight excluding hydrogens is 215 g/mol. The van der Waals surface area contributed by atoms with Crippen molar-refractivity contribution in [1.82, 2.24) is 0 Å². The summed E-state index contributed by atoms with van der Waals surface area (Å²) in [7, 11) is 0. The largest absolute Gasteiger partial charge is 1.00 e. The molecule has 0 saturated heterocycles. The van der Waals surface area contributed by atoms with E-state index in [1.807, 2.05) is 0 Å². The first-order valence-corrected chi connectivity index (χ1v) is 2.50. The first kappa shape index (κ1) is 15.9. The van der Waals surface area contributed by atoms with Gasteiger partial charge in [-0.25, -0.2) is 9.59 Å². The van der Waals surface area contributed by atoms with Gasteiger partial charge in [-0.05, 0) is 0 Å². The van der Waals surface area contributed by atoms with Crippen LogP contribution in [0.4, 0.5) is 0 Å². The molecule has 0 bridgehead atoms. The van der Waals surface area contributed by atoms with Gasteiger partial charge in [-0.2, -0.15) is 0 Å². The minimum absolute atomic E-state index is 0. The van der Waals surface area contributed by atoms with Crippen LogP contribution in [0.1, 0.15) is 1.43 Å². The van der Waals surface area contributed by atoms with E-state index >= 15 is 0 Å². The second-order valence-electron chi connectivity index (χ2n) is 1.95. The second kappa shape index (κ2) is 4.77. The monoisotopic (exact) mass is 222 g/mol. The predicted octanol–water partition coefficient (Wildman–Crippen LogP) is -6.37. The topological polar surface area (TPSA) is 156 Å². The fraction of sp³-hybridized carbons (Fsp3) is 0.500. The molecule has 6 N–H and O–H groups in total. The maximum Gasteiger partial charge on any atom is 1.00 e. The fourth-order valence-electron chi connectivity index (χ4n) is 0.298. The summed E-state index contributed by atoms with van der Waals surface area (Å²) in [6.07, 6.45) is 0. The van der Waals surface area contributed by atoms with Gasteiger partial charge in [-0.1, -0.05) is 0 Å². The van der Waals surface area contributed by atoms with E-state index in [4.69, 9.17) is 30.6 Å². The van der Waals surface area contributed by atoms with Crippen LogP contribution in [0.5, 0.6) is 0 Å². The van der Waals surface area contributed by atoms with Gasteiger partial charge in [0.25, 0.3) is 0 Å². The Bertz CT molecular complexity index is 201. The standard InChI is InChI=1S/C4H6O8.K.H/c5-1(6)3(9,10)4(11,12)2(7)8;;/h9-12H,(H,5,6)(H,7,8);;/q;+1;-1. The van der Waals surface area contributed by atoms with E-state index in [0.29, 0.717) is 0 Å². The van der Waals surface area contributed by atoms with Gasteiger partial charge >= 0.3 is 74.9 Å². The summed E-state index contributed by atoms with van der Waals surface area (Å²) in [5.74, 6) is -13.3. The zero-order chi connectivity index (χ0) is 10.2. The summed E-state index contributed by atoms with van der Waals surface area (Å²) in [6, 6.07) is 0. The van der Waals surface area contributed by atoms with Crippen LogP contribution in [0.3, 0.4) is 0 Å².